The molecule has 2 atom stereocenters. The van der Waals surface area contributed by atoms with Crippen molar-refractivity contribution in [2.75, 3.05) is 0 Å². The molecular formula is C49H45FN4O10. The van der Waals surface area contributed by atoms with Crippen LogP contribution < -0.4 is 10.6 Å². The highest BCUT2D eigenvalue weighted by atomic mass is 19.1. The number of amides is 6. The highest BCUT2D eigenvalue weighted by Gasteiger charge is 2.40. The highest BCUT2D eigenvalue weighted by molar-refractivity contribution is 6.44. The third-order valence-electron chi connectivity index (χ3n) is 12.0. The van der Waals surface area contributed by atoms with E-state index in [1.165, 1.54) is 28.0 Å². The molecule has 0 spiro atoms. The first-order valence-corrected chi connectivity index (χ1v) is 21.0. The maximum Gasteiger partial charge on any atom is 0.255 e. The minimum absolute atomic E-state index is 0.0786. The van der Waals surface area contributed by atoms with Gasteiger partial charge in [0, 0.05) is 55.5 Å². The number of aryl methyl sites for hydroxylation is 5. The van der Waals surface area contributed by atoms with Crippen molar-refractivity contribution in [2.24, 2.45) is 0 Å². The summed E-state index contributed by atoms with van der Waals surface area (Å²) >= 11 is 0. The quantitative estimate of drug-likeness (QED) is 0.114. The summed E-state index contributed by atoms with van der Waals surface area (Å²) in [5.74, 6) is -5.29. The number of Topliss-reactive ketones (excluding diaryl/α,β-unsaturated/α-hetero) is 4. The Hall–Kier alpha value is -7.29. The van der Waals surface area contributed by atoms with Crippen LogP contribution in [-0.4, -0.2) is 80.5 Å². The molecule has 4 aromatic rings. The van der Waals surface area contributed by atoms with Crippen molar-refractivity contribution < 1.29 is 52.3 Å². The molecule has 2 fully saturated rings. The molecule has 4 heterocycles. The number of hydrogen-bond donors (Lipinski definition) is 2. The van der Waals surface area contributed by atoms with Gasteiger partial charge in [-0.05, 0) is 104 Å². The minimum atomic E-state index is -0.863. The number of halogens is 1. The van der Waals surface area contributed by atoms with Gasteiger partial charge in [0.15, 0.2) is 0 Å². The van der Waals surface area contributed by atoms with Gasteiger partial charge in [-0.1, -0.05) is 54.1 Å². The number of nitrogens with one attached hydrogen (secondary N) is 2. The van der Waals surface area contributed by atoms with Crippen molar-refractivity contribution in [3.8, 4) is 0 Å². The molecular weight excluding hydrogens is 824 g/mol. The summed E-state index contributed by atoms with van der Waals surface area (Å²) in [6, 6.07) is 18.3. The van der Waals surface area contributed by atoms with E-state index in [0.717, 1.165) is 45.0 Å². The van der Waals surface area contributed by atoms with Gasteiger partial charge >= 0.3 is 0 Å². The molecule has 4 aliphatic rings. The lowest BCUT2D eigenvalue weighted by molar-refractivity contribution is -0.138. The fourth-order valence-corrected chi connectivity index (χ4v) is 8.78. The van der Waals surface area contributed by atoms with E-state index in [1.54, 1.807) is 30.3 Å². The predicted molar refractivity (Wildman–Crippen MR) is 227 cm³/mol. The highest BCUT2D eigenvalue weighted by Crippen LogP contribution is 2.30. The van der Waals surface area contributed by atoms with Gasteiger partial charge < -0.3 is 9.80 Å². The van der Waals surface area contributed by atoms with Crippen LogP contribution in [-0.2, 0) is 54.7 Å². The number of carbonyl (C=O) groups excluding carboxylic acids is 10. The third-order valence-corrected chi connectivity index (χ3v) is 12.0. The molecule has 4 aliphatic heterocycles. The first-order valence-electron chi connectivity index (χ1n) is 21.0. The number of hydrogen-bond acceptors (Lipinski definition) is 10. The normalized spacial score (nSPS) is 17.9. The van der Waals surface area contributed by atoms with Crippen molar-refractivity contribution in [3.63, 3.8) is 0 Å². The van der Waals surface area contributed by atoms with E-state index in [9.17, 15) is 52.3 Å². The second-order valence-electron chi connectivity index (χ2n) is 16.5. The Bertz CT molecular complexity index is 2680. The number of rotatable bonds is 12. The average Bonchev–Trinajstić information content (AvgIpc) is 3.75. The lowest BCUT2D eigenvalue weighted by atomic mass is 9.93. The van der Waals surface area contributed by atoms with Crippen molar-refractivity contribution in [1.82, 2.24) is 20.4 Å². The van der Waals surface area contributed by atoms with Crippen LogP contribution >= 0.6 is 0 Å². The fourth-order valence-electron chi connectivity index (χ4n) is 8.78. The Balaban J connectivity index is 0.000000192. The Morgan fingerprint density at radius 3 is 1.52 bits per heavy atom. The molecule has 6 amide bonds. The summed E-state index contributed by atoms with van der Waals surface area (Å²) in [6.07, 6.45) is 1.62. The maximum atomic E-state index is 13.7. The number of nitrogens with zero attached hydrogens (tertiary/aromatic N) is 2. The van der Waals surface area contributed by atoms with Gasteiger partial charge in [0.1, 0.15) is 17.9 Å². The molecule has 0 radical (unpaired) electrons. The van der Waals surface area contributed by atoms with E-state index >= 15 is 0 Å². The molecule has 15 heteroatoms. The maximum absolute atomic E-state index is 13.7. The van der Waals surface area contributed by atoms with E-state index in [2.05, 4.69) is 10.6 Å². The first kappa shape index (κ1) is 44.8. The number of ketones is 4. The first-order chi connectivity index (χ1) is 30.5. The Morgan fingerprint density at radius 2 is 1.06 bits per heavy atom. The molecule has 2 N–H and O–H groups in total. The van der Waals surface area contributed by atoms with E-state index in [-0.39, 0.29) is 80.8 Å². The van der Waals surface area contributed by atoms with Crippen LogP contribution in [0.5, 0.6) is 0 Å². The lowest BCUT2D eigenvalue weighted by Crippen LogP contribution is -2.52. The Kier molecular flexibility index (Phi) is 13.0. The Morgan fingerprint density at radius 1 is 0.609 bits per heavy atom. The second-order valence-corrected chi connectivity index (χ2v) is 16.5. The van der Waals surface area contributed by atoms with Crippen molar-refractivity contribution in [2.45, 2.75) is 97.3 Å². The summed E-state index contributed by atoms with van der Waals surface area (Å²) in [6.45, 7) is 6.15. The molecule has 0 saturated carbocycles. The lowest BCUT2D eigenvalue weighted by Gasteiger charge is -2.29. The topological polar surface area (TPSA) is 201 Å². The van der Waals surface area contributed by atoms with Crippen LogP contribution in [0, 0.1) is 26.6 Å². The van der Waals surface area contributed by atoms with Crippen LogP contribution in [0.25, 0.3) is 0 Å². The number of fused-ring (bicyclic) bond motifs is 2. The molecule has 0 aromatic heterocycles. The smallest absolute Gasteiger partial charge is 0.255 e. The van der Waals surface area contributed by atoms with E-state index in [1.807, 2.05) is 39.0 Å². The summed E-state index contributed by atoms with van der Waals surface area (Å²) in [5, 5.41) is 4.55. The molecule has 14 nitrogen and oxygen atoms in total. The second kappa shape index (κ2) is 18.6. The molecule has 64 heavy (non-hydrogen) atoms. The zero-order valence-electron chi connectivity index (χ0n) is 35.5. The monoisotopic (exact) mass is 868 g/mol. The molecule has 2 saturated heterocycles. The van der Waals surface area contributed by atoms with E-state index in [4.69, 9.17) is 0 Å². The zero-order valence-corrected chi connectivity index (χ0v) is 35.5. The standard InChI is InChI=1S/C26H26N2O5.C23H19FN2O5/c1-14-10-15(2)23(16(3)11-14)24(31)21(29)8-5-17-4-6-19-18(12-17)13-28(26(19)33)20-7-9-22(30)27-25(20)32;24-17-4-2-1-3-16(17)21(29)19(27)9-6-13-5-7-15-14(11-13)12-26(23(15)31)18-8-10-20(28)25-22(18)30/h4,6,10-12,20H,5,7-9,13H2,1-3H3,(H,27,30,32);1-5,7,11,18H,6,8-10,12H2,(H,25,28,30). The average molecular weight is 869 g/mol. The molecule has 0 aliphatic carbocycles. The van der Waals surface area contributed by atoms with Crippen LogP contribution in [0.2, 0.25) is 0 Å². The van der Waals surface area contributed by atoms with Crippen molar-refractivity contribution in [3.05, 3.63) is 140 Å². The van der Waals surface area contributed by atoms with Gasteiger partial charge in [0.25, 0.3) is 11.8 Å². The number of benzene rings is 4. The Labute approximate surface area is 367 Å². The van der Waals surface area contributed by atoms with Crippen LogP contribution in [0.4, 0.5) is 4.39 Å². The minimum Gasteiger partial charge on any atom is -0.322 e. The zero-order chi connectivity index (χ0) is 46.0. The molecule has 4 aromatic carbocycles. The van der Waals surface area contributed by atoms with Gasteiger partial charge in [-0.2, -0.15) is 0 Å². The fraction of sp³-hybridized carbons (Fsp3) is 0.306. The van der Waals surface area contributed by atoms with E-state index in [0.29, 0.717) is 29.5 Å². The van der Waals surface area contributed by atoms with Gasteiger partial charge in [-0.3, -0.25) is 58.6 Å². The van der Waals surface area contributed by atoms with Gasteiger partial charge in [-0.25, -0.2) is 4.39 Å². The van der Waals surface area contributed by atoms with Gasteiger partial charge in [0.05, 0.1) is 5.56 Å². The molecule has 328 valence electrons. The molecule has 0 bridgehead atoms. The third kappa shape index (κ3) is 9.38. The largest absolute Gasteiger partial charge is 0.322 e. The van der Waals surface area contributed by atoms with Crippen molar-refractivity contribution in [1.29, 1.82) is 0 Å². The summed E-state index contributed by atoms with van der Waals surface area (Å²) in [4.78, 5) is 125. The number of carbonyl (C=O) groups is 10. The molecule has 8 rings (SSSR count). The molecule has 2 unspecified atom stereocenters. The van der Waals surface area contributed by atoms with E-state index < -0.39 is 52.8 Å². The predicted octanol–water partition coefficient (Wildman–Crippen LogP) is 4.73. The number of piperidine rings is 2. The van der Waals surface area contributed by atoms with Crippen molar-refractivity contribution >= 4 is 58.6 Å². The van der Waals surface area contributed by atoms with Gasteiger partial charge in [-0.15, -0.1) is 0 Å². The van der Waals surface area contributed by atoms with Crippen LogP contribution in [0.1, 0.15) is 119 Å². The van der Waals surface area contributed by atoms with Crippen LogP contribution in [0.3, 0.4) is 0 Å². The summed E-state index contributed by atoms with van der Waals surface area (Å²) in [7, 11) is 0. The van der Waals surface area contributed by atoms with Crippen LogP contribution in [0.15, 0.2) is 72.8 Å². The number of imide groups is 2. The van der Waals surface area contributed by atoms with Gasteiger partial charge in [0.2, 0.25) is 46.8 Å². The SMILES string of the molecule is Cc1cc(C)c(C(=O)C(=O)CCc2ccc3c(c2)CN(C2CCC(=O)NC2=O)C3=O)c(C)c1.O=C1CCC(N2Cc3cc(CCC(=O)C(=O)c4ccccc4F)ccc3C2=O)C(=O)N1. The summed E-state index contributed by atoms with van der Waals surface area (Å²) in [5.41, 5.74) is 7.00. The summed E-state index contributed by atoms with van der Waals surface area (Å²) < 4.78 is 13.7.